The molecule has 0 aliphatic carbocycles. The van der Waals surface area contributed by atoms with E-state index < -0.39 is 0 Å². The minimum atomic E-state index is -0.0850. The van der Waals surface area contributed by atoms with Crippen LogP contribution in [-0.4, -0.2) is 28.5 Å². The molecule has 0 unspecified atom stereocenters. The number of nitrogens with zero attached hydrogens (tertiary/aromatic N) is 3. The molecule has 5 rings (SSSR count). The van der Waals surface area contributed by atoms with E-state index in [1.807, 2.05) is 81.6 Å². The number of nitrogens with one attached hydrogen (secondary N) is 1. The number of fused-ring (bicyclic) bond motifs is 1. The molecule has 168 valence electrons. The Hall–Kier alpha value is -3.45. The standard InChI is InChI=1S/C26H26N4O2S/c31-25(27-17-21-9-6-16-33-21)20-12-14-29(15-13-20)24-26(32)30(18-19-7-2-1-3-8-19)23-11-5-4-10-22(23)28-24/h1-11,16,20H,12-15,17-18H2,(H,27,31). The van der Waals surface area contributed by atoms with E-state index >= 15 is 0 Å². The molecule has 0 radical (unpaired) electrons. The zero-order chi connectivity index (χ0) is 22.6. The maximum absolute atomic E-state index is 13.5. The first-order chi connectivity index (χ1) is 16.2. The largest absolute Gasteiger partial charge is 0.352 e. The van der Waals surface area contributed by atoms with Crippen molar-refractivity contribution >= 4 is 34.1 Å². The lowest BCUT2D eigenvalue weighted by atomic mass is 9.96. The van der Waals surface area contributed by atoms with Gasteiger partial charge in [0.05, 0.1) is 24.1 Å². The molecule has 7 heteroatoms. The number of rotatable bonds is 6. The number of hydrogen-bond acceptors (Lipinski definition) is 5. The van der Waals surface area contributed by atoms with Crippen molar-refractivity contribution < 1.29 is 4.79 Å². The first kappa shape index (κ1) is 21.4. The van der Waals surface area contributed by atoms with E-state index in [9.17, 15) is 9.59 Å². The number of anilines is 1. The van der Waals surface area contributed by atoms with E-state index in [1.54, 1.807) is 11.3 Å². The average Bonchev–Trinajstić information content (AvgIpc) is 3.39. The molecule has 0 atom stereocenters. The van der Waals surface area contributed by atoms with Crippen LogP contribution < -0.4 is 15.8 Å². The molecule has 2 aromatic carbocycles. The number of aromatic nitrogens is 2. The number of para-hydroxylation sites is 2. The molecule has 0 spiro atoms. The Morgan fingerprint density at radius 3 is 2.52 bits per heavy atom. The van der Waals surface area contributed by atoms with E-state index in [0.29, 0.717) is 44.8 Å². The summed E-state index contributed by atoms with van der Waals surface area (Å²) in [4.78, 5) is 34.1. The highest BCUT2D eigenvalue weighted by Crippen LogP contribution is 2.23. The van der Waals surface area contributed by atoms with E-state index in [4.69, 9.17) is 4.98 Å². The van der Waals surface area contributed by atoms with Gasteiger partial charge in [0.25, 0.3) is 5.56 Å². The van der Waals surface area contributed by atoms with Crippen LogP contribution >= 0.6 is 11.3 Å². The van der Waals surface area contributed by atoms with Gasteiger partial charge < -0.3 is 10.2 Å². The van der Waals surface area contributed by atoms with Gasteiger partial charge in [0.2, 0.25) is 5.91 Å². The van der Waals surface area contributed by atoms with Crippen molar-refractivity contribution in [1.29, 1.82) is 0 Å². The van der Waals surface area contributed by atoms with E-state index in [-0.39, 0.29) is 17.4 Å². The molecule has 1 saturated heterocycles. The fraction of sp³-hybridized carbons (Fsp3) is 0.269. The van der Waals surface area contributed by atoms with Gasteiger partial charge in [-0.15, -0.1) is 11.3 Å². The van der Waals surface area contributed by atoms with Crippen LogP contribution in [0.2, 0.25) is 0 Å². The van der Waals surface area contributed by atoms with Crippen LogP contribution in [0.15, 0.2) is 76.9 Å². The third-order valence-corrected chi connectivity index (χ3v) is 7.08. The normalized spacial score (nSPS) is 14.5. The topological polar surface area (TPSA) is 67.2 Å². The van der Waals surface area contributed by atoms with Gasteiger partial charge in [0.15, 0.2) is 5.82 Å². The lowest BCUT2D eigenvalue weighted by molar-refractivity contribution is -0.125. The Morgan fingerprint density at radius 1 is 1.00 bits per heavy atom. The van der Waals surface area contributed by atoms with E-state index in [1.165, 1.54) is 0 Å². The lowest BCUT2D eigenvalue weighted by Crippen LogP contribution is -2.43. The monoisotopic (exact) mass is 458 g/mol. The van der Waals surface area contributed by atoms with Gasteiger partial charge in [-0.25, -0.2) is 4.98 Å². The molecule has 1 fully saturated rings. The summed E-state index contributed by atoms with van der Waals surface area (Å²) >= 11 is 1.65. The number of amides is 1. The third-order valence-electron chi connectivity index (χ3n) is 6.20. The van der Waals surface area contributed by atoms with Crippen molar-refractivity contribution in [2.75, 3.05) is 18.0 Å². The number of carbonyl (C=O) groups excluding carboxylic acids is 1. The molecular formula is C26H26N4O2S. The zero-order valence-corrected chi connectivity index (χ0v) is 19.1. The van der Waals surface area contributed by atoms with Gasteiger partial charge in [0, 0.05) is 23.9 Å². The van der Waals surface area contributed by atoms with Crippen LogP contribution in [0.1, 0.15) is 23.3 Å². The summed E-state index contributed by atoms with van der Waals surface area (Å²) in [5, 5.41) is 5.07. The van der Waals surface area contributed by atoms with Crippen LogP contribution in [0.4, 0.5) is 5.82 Å². The number of thiophene rings is 1. The molecule has 2 aromatic heterocycles. The van der Waals surface area contributed by atoms with Crippen molar-refractivity contribution in [2.45, 2.75) is 25.9 Å². The fourth-order valence-electron chi connectivity index (χ4n) is 4.39. The summed E-state index contributed by atoms with van der Waals surface area (Å²) in [6.07, 6.45) is 1.42. The fourth-order valence-corrected chi connectivity index (χ4v) is 5.04. The minimum Gasteiger partial charge on any atom is -0.352 e. The summed E-state index contributed by atoms with van der Waals surface area (Å²) in [7, 11) is 0. The molecule has 0 saturated carbocycles. The van der Waals surface area contributed by atoms with Crippen molar-refractivity contribution in [3.8, 4) is 0 Å². The Bertz CT molecular complexity index is 1290. The molecule has 1 amide bonds. The molecule has 1 aliphatic heterocycles. The Labute approximate surface area is 196 Å². The molecule has 1 N–H and O–H groups in total. The first-order valence-electron chi connectivity index (χ1n) is 11.3. The number of piperidine rings is 1. The van der Waals surface area contributed by atoms with Gasteiger partial charge in [-0.2, -0.15) is 0 Å². The van der Waals surface area contributed by atoms with E-state index in [0.717, 1.165) is 21.5 Å². The first-order valence-corrected chi connectivity index (χ1v) is 12.2. The molecule has 6 nitrogen and oxygen atoms in total. The molecule has 33 heavy (non-hydrogen) atoms. The summed E-state index contributed by atoms with van der Waals surface area (Å²) in [6, 6.07) is 21.8. The van der Waals surface area contributed by atoms with Gasteiger partial charge >= 0.3 is 0 Å². The molecule has 0 bridgehead atoms. The van der Waals surface area contributed by atoms with Gasteiger partial charge in [-0.3, -0.25) is 14.2 Å². The van der Waals surface area contributed by atoms with Crippen molar-refractivity contribution in [3.63, 3.8) is 0 Å². The van der Waals surface area contributed by atoms with Crippen LogP contribution in [0.3, 0.4) is 0 Å². The average molecular weight is 459 g/mol. The van der Waals surface area contributed by atoms with Crippen molar-refractivity contribution in [2.24, 2.45) is 5.92 Å². The Balaban J connectivity index is 1.34. The maximum Gasteiger partial charge on any atom is 0.294 e. The predicted molar refractivity (Wildman–Crippen MR) is 133 cm³/mol. The Kier molecular flexibility index (Phi) is 6.21. The number of carbonyl (C=O) groups is 1. The van der Waals surface area contributed by atoms with Crippen LogP contribution in [-0.2, 0) is 17.9 Å². The minimum absolute atomic E-state index is 0.0341. The number of benzene rings is 2. The van der Waals surface area contributed by atoms with E-state index in [2.05, 4.69) is 5.32 Å². The smallest absolute Gasteiger partial charge is 0.294 e. The highest BCUT2D eigenvalue weighted by molar-refractivity contribution is 7.09. The highest BCUT2D eigenvalue weighted by atomic mass is 32.1. The van der Waals surface area contributed by atoms with Gasteiger partial charge in [-0.05, 0) is 42.0 Å². The lowest BCUT2D eigenvalue weighted by Gasteiger charge is -2.32. The SMILES string of the molecule is O=C(NCc1cccs1)C1CCN(c2nc3ccccc3n(Cc3ccccc3)c2=O)CC1. The highest BCUT2D eigenvalue weighted by Gasteiger charge is 2.27. The van der Waals surface area contributed by atoms with Crippen molar-refractivity contribution in [1.82, 2.24) is 14.9 Å². The summed E-state index contributed by atoms with van der Waals surface area (Å²) in [5.41, 5.74) is 2.62. The molecular weight excluding hydrogens is 432 g/mol. The maximum atomic E-state index is 13.5. The quantitative estimate of drug-likeness (QED) is 0.474. The summed E-state index contributed by atoms with van der Waals surface area (Å²) in [6.45, 7) is 2.36. The summed E-state index contributed by atoms with van der Waals surface area (Å²) < 4.78 is 1.81. The van der Waals surface area contributed by atoms with Gasteiger partial charge in [-0.1, -0.05) is 48.5 Å². The molecule has 4 aromatic rings. The van der Waals surface area contributed by atoms with Crippen LogP contribution in [0.5, 0.6) is 0 Å². The van der Waals surface area contributed by atoms with Crippen LogP contribution in [0, 0.1) is 5.92 Å². The predicted octanol–water partition coefficient (Wildman–Crippen LogP) is 4.04. The second-order valence-electron chi connectivity index (χ2n) is 8.36. The van der Waals surface area contributed by atoms with Crippen LogP contribution in [0.25, 0.3) is 11.0 Å². The van der Waals surface area contributed by atoms with Gasteiger partial charge in [0.1, 0.15) is 0 Å². The summed E-state index contributed by atoms with van der Waals surface area (Å²) in [5.74, 6) is 0.534. The second kappa shape index (κ2) is 9.58. The Morgan fingerprint density at radius 2 is 1.76 bits per heavy atom. The molecule has 3 heterocycles. The number of hydrogen-bond donors (Lipinski definition) is 1. The van der Waals surface area contributed by atoms with Crippen molar-refractivity contribution in [3.05, 3.63) is 92.9 Å². The zero-order valence-electron chi connectivity index (χ0n) is 18.3. The third kappa shape index (κ3) is 4.68. The molecule has 1 aliphatic rings. The second-order valence-corrected chi connectivity index (χ2v) is 9.39.